The van der Waals surface area contributed by atoms with Crippen LogP contribution in [0.4, 0.5) is 11.4 Å². The highest BCUT2D eigenvalue weighted by Gasteiger charge is 2.34. The molecule has 0 radical (unpaired) electrons. The predicted octanol–water partition coefficient (Wildman–Crippen LogP) is 3.53. The molecule has 0 bridgehead atoms. The molecule has 0 saturated carbocycles. The van der Waals surface area contributed by atoms with Crippen LogP contribution in [-0.4, -0.2) is 42.3 Å². The molecule has 158 valence electrons. The molecule has 0 aromatic heterocycles. The Kier molecular flexibility index (Phi) is 6.72. The summed E-state index contributed by atoms with van der Waals surface area (Å²) in [5.41, 5.74) is 1.62. The Morgan fingerprint density at radius 2 is 1.73 bits per heavy atom. The first-order chi connectivity index (χ1) is 14.4. The molecular formula is C23H27N3O4. The zero-order chi connectivity index (χ0) is 21.7. The van der Waals surface area contributed by atoms with Gasteiger partial charge in [-0.3, -0.25) is 14.4 Å². The Bertz CT molecular complexity index is 924. The van der Waals surface area contributed by atoms with Gasteiger partial charge in [0.1, 0.15) is 11.8 Å². The number of amides is 3. The van der Waals surface area contributed by atoms with Gasteiger partial charge in [-0.2, -0.15) is 0 Å². The maximum atomic E-state index is 12.7. The highest BCUT2D eigenvalue weighted by atomic mass is 16.5. The van der Waals surface area contributed by atoms with Gasteiger partial charge < -0.3 is 20.3 Å². The maximum Gasteiger partial charge on any atom is 0.255 e. The molecular weight excluding hydrogens is 382 g/mol. The van der Waals surface area contributed by atoms with Gasteiger partial charge in [0, 0.05) is 23.7 Å². The number of rotatable bonds is 6. The average Bonchev–Trinajstić information content (AvgIpc) is 3.24. The van der Waals surface area contributed by atoms with Crippen molar-refractivity contribution in [2.75, 3.05) is 24.3 Å². The van der Waals surface area contributed by atoms with Crippen LogP contribution >= 0.6 is 0 Å². The minimum atomic E-state index is -0.451. The van der Waals surface area contributed by atoms with Gasteiger partial charge in [0.25, 0.3) is 5.91 Å². The summed E-state index contributed by atoms with van der Waals surface area (Å²) in [7, 11) is 1.54. The number of hydrogen-bond donors (Lipinski definition) is 2. The monoisotopic (exact) mass is 409 g/mol. The molecule has 1 atom stereocenters. The Morgan fingerprint density at radius 1 is 1.03 bits per heavy atom. The van der Waals surface area contributed by atoms with Crippen LogP contribution in [0.3, 0.4) is 0 Å². The van der Waals surface area contributed by atoms with Gasteiger partial charge in [0.2, 0.25) is 11.8 Å². The third-order valence-electron chi connectivity index (χ3n) is 5.10. The molecule has 1 saturated heterocycles. The molecule has 1 aliphatic rings. The fraction of sp³-hybridized carbons (Fsp3) is 0.348. The molecule has 2 aromatic carbocycles. The normalized spacial score (nSPS) is 15.7. The van der Waals surface area contributed by atoms with E-state index in [-0.39, 0.29) is 23.6 Å². The molecule has 30 heavy (non-hydrogen) atoms. The lowest BCUT2D eigenvalue weighted by Gasteiger charge is -2.25. The number of methoxy groups -OCH3 is 1. The van der Waals surface area contributed by atoms with Crippen LogP contribution in [0.2, 0.25) is 0 Å². The maximum absolute atomic E-state index is 12.7. The standard InChI is InChI=1S/C23H27N3O4/c1-15(2)23(29)26-14-6-8-19(26)22(28)24-17-12-10-16(11-13-17)21(27)25-18-7-4-5-9-20(18)30-3/h4-5,7,9-13,15,19H,6,8,14H2,1-3H3,(H,24,28)(H,25,27). The van der Waals surface area contributed by atoms with E-state index in [1.165, 1.54) is 0 Å². The summed E-state index contributed by atoms with van der Waals surface area (Å²) in [6.07, 6.45) is 1.47. The second kappa shape index (κ2) is 9.43. The molecule has 2 N–H and O–H groups in total. The smallest absolute Gasteiger partial charge is 0.255 e. The molecule has 7 nitrogen and oxygen atoms in total. The molecule has 1 heterocycles. The zero-order valence-electron chi connectivity index (χ0n) is 17.5. The van der Waals surface area contributed by atoms with Gasteiger partial charge in [-0.05, 0) is 49.2 Å². The van der Waals surface area contributed by atoms with Crippen molar-refractivity contribution in [3.63, 3.8) is 0 Å². The second-order valence-electron chi connectivity index (χ2n) is 7.57. The number of ether oxygens (including phenoxy) is 1. The third-order valence-corrected chi connectivity index (χ3v) is 5.10. The van der Waals surface area contributed by atoms with Crippen LogP contribution in [0.15, 0.2) is 48.5 Å². The van der Waals surface area contributed by atoms with Gasteiger partial charge in [-0.25, -0.2) is 0 Å². The van der Waals surface area contributed by atoms with Crippen LogP contribution in [0.25, 0.3) is 0 Å². The van der Waals surface area contributed by atoms with Crippen molar-refractivity contribution in [2.45, 2.75) is 32.7 Å². The lowest BCUT2D eigenvalue weighted by atomic mass is 10.1. The van der Waals surface area contributed by atoms with Crippen molar-refractivity contribution in [3.05, 3.63) is 54.1 Å². The van der Waals surface area contributed by atoms with Crippen molar-refractivity contribution < 1.29 is 19.1 Å². The molecule has 2 aromatic rings. The molecule has 3 rings (SSSR count). The lowest BCUT2D eigenvalue weighted by Crippen LogP contribution is -2.44. The number of para-hydroxylation sites is 2. The molecule has 1 unspecified atom stereocenters. The summed E-state index contributed by atoms with van der Waals surface area (Å²) in [6.45, 7) is 4.28. The van der Waals surface area contributed by atoms with Gasteiger partial charge >= 0.3 is 0 Å². The first kappa shape index (κ1) is 21.4. The lowest BCUT2D eigenvalue weighted by molar-refractivity contribution is -0.139. The van der Waals surface area contributed by atoms with E-state index in [4.69, 9.17) is 4.74 Å². The minimum absolute atomic E-state index is 0.00370. The number of carbonyl (C=O) groups is 3. The second-order valence-corrected chi connectivity index (χ2v) is 7.57. The first-order valence-corrected chi connectivity index (χ1v) is 10.1. The van der Waals surface area contributed by atoms with Crippen molar-refractivity contribution >= 4 is 29.1 Å². The summed E-state index contributed by atoms with van der Waals surface area (Å²) in [5.74, 6) is -0.0446. The topological polar surface area (TPSA) is 87.7 Å². The molecule has 1 aliphatic heterocycles. The summed E-state index contributed by atoms with van der Waals surface area (Å²) < 4.78 is 5.24. The van der Waals surface area contributed by atoms with E-state index in [2.05, 4.69) is 10.6 Å². The van der Waals surface area contributed by atoms with E-state index < -0.39 is 6.04 Å². The Hall–Kier alpha value is -3.35. The highest BCUT2D eigenvalue weighted by Crippen LogP contribution is 2.24. The average molecular weight is 409 g/mol. The number of benzene rings is 2. The Labute approximate surface area is 176 Å². The number of carbonyl (C=O) groups excluding carboxylic acids is 3. The number of likely N-dealkylation sites (tertiary alicyclic amines) is 1. The fourth-order valence-corrected chi connectivity index (χ4v) is 3.51. The van der Waals surface area contributed by atoms with Crippen molar-refractivity contribution in [2.24, 2.45) is 5.92 Å². The molecule has 0 aliphatic carbocycles. The van der Waals surface area contributed by atoms with Gasteiger partial charge in [-0.1, -0.05) is 26.0 Å². The number of hydrogen-bond acceptors (Lipinski definition) is 4. The van der Waals surface area contributed by atoms with Gasteiger partial charge in [0.15, 0.2) is 0 Å². The van der Waals surface area contributed by atoms with E-state index in [0.29, 0.717) is 35.7 Å². The van der Waals surface area contributed by atoms with E-state index in [9.17, 15) is 14.4 Å². The molecule has 3 amide bonds. The van der Waals surface area contributed by atoms with Crippen molar-refractivity contribution in [1.29, 1.82) is 0 Å². The molecule has 0 spiro atoms. The molecule has 7 heteroatoms. The number of nitrogens with zero attached hydrogens (tertiary/aromatic N) is 1. The van der Waals surface area contributed by atoms with Crippen LogP contribution in [-0.2, 0) is 9.59 Å². The predicted molar refractivity (Wildman–Crippen MR) is 116 cm³/mol. The zero-order valence-corrected chi connectivity index (χ0v) is 17.5. The third kappa shape index (κ3) is 4.79. The van der Waals surface area contributed by atoms with E-state index in [0.717, 1.165) is 6.42 Å². The van der Waals surface area contributed by atoms with Crippen LogP contribution in [0.1, 0.15) is 37.0 Å². The van der Waals surface area contributed by atoms with Gasteiger partial charge in [0.05, 0.1) is 12.8 Å². The number of nitrogens with one attached hydrogen (secondary N) is 2. The van der Waals surface area contributed by atoms with Crippen molar-refractivity contribution in [1.82, 2.24) is 4.90 Å². The number of anilines is 2. The summed E-state index contributed by atoms with van der Waals surface area (Å²) >= 11 is 0. The van der Waals surface area contributed by atoms with E-state index in [1.54, 1.807) is 48.4 Å². The summed E-state index contributed by atoms with van der Waals surface area (Å²) in [5, 5.41) is 5.67. The van der Waals surface area contributed by atoms with Crippen LogP contribution in [0.5, 0.6) is 5.75 Å². The highest BCUT2D eigenvalue weighted by molar-refractivity contribution is 6.05. The van der Waals surface area contributed by atoms with Gasteiger partial charge in [-0.15, -0.1) is 0 Å². The fourth-order valence-electron chi connectivity index (χ4n) is 3.51. The summed E-state index contributed by atoms with van der Waals surface area (Å²) in [6, 6.07) is 13.4. The van der Waals surface area contributed by atoms with E-state index in [1.807, 2.05) is 26.0 Å². The van der Waals surface area contributed by atoms with Crippen molar-refractivity contribution in [3.8, 4) is 5.75 Å². The largest absolute Gasteiger partial charge is 0.495 e. The van der Waals surface area contributed by atoms with Crippen LogP contribution < -0.4 is 15.4 Å². The SMILES string of the molecule is COc1ccccc1NC(=O)c1ccc(NC(=O)C2CCCN2C(=O)C(C)C)cc1. The quantitative estimate of drug-likeness (QED) is 0.764. The Balaban J connectivity index is 1.63. The van der Waals surface area contributed by atoms with Crippen LogP contribution in [0, 0.1) is 5.92 Å². The minimum Gasteiger partial charge on any atom is -0.495 e. The Morgan fingerprint density at radius 3 is 2.40 bits per heavy atom. The van der Waals surface area contributed by atoms with E-state index >= 15 is 0 Å². The molecule has 1 fully saturated rings. The summed E-state index contributed by atoms with van der Waals surface area (Å²) in [4.78, 5) is 39.2. The first-order valence-electron chi connectivity index (χ1n) is 10.1.